The molecule has 1 aromatic carbocycles. The van der Waals surface area contributed by atoms with Gasteiger partial charge in [0.25, 0.3) is 0 Å². The molecule has 0 aliphatic carbocycles. The number of hydrogen-bond donors (Lipinski definition) is 2. The van der Waals surface area contributed by atoms with Crippen molar-refractivity contribution in [1.82, 2.24) is 5.32 Å². The largest absolute Gasteiger partial charge is 0.508 e. The minimum absolute atomic E-state index is 0.281. The summed E-state index contributed by atoms with van der Waals surface area (Å²) in [7, 11) is 0. The van der Waals surface area contributed by atoms with Crippen molar-refractivity contribution < 1.29 is 9.84 Å². The van der Waals surface area contributed by atoms with E-state index in [9.17, 15) is 5.11 Å². The van der Waals surface area contributed by atoms with Crippen LogP contribution in [-0.2, 0) is 10.5 Å². The lowest BCUT2D eigenvalue weighted by Crippen LogP contribution is -2.37. The average Bonchev–Trinajstić information content (AvgIpc) is 2.48. The molecule has 0 saturated carbocycles. The van der Waals surface area contributed by atoms with E-state index in [1.165, 1.54) is 0 Å². The van der Waals surface area contributed by atoms with E-state index in [-0.39, 0.29) is 5.75 Å². The molecule has 2 atom stereocenters. The smallest absolute Gasteiger partial charge is 0.142 e. The van der Waals surface area contributed by atoms with Gasteiger partial charge >= 0.3 is 0 Å². The van der Waals surface area contributed by atoms with Crippen molar-refractivity contribution in [2.45, 2.75) is 25.6 Å². The van der Waals surface area contributed by atoms with Gasteiger partial charge in [-0.1, -0.05) is 12.1 Å². The second-order valence-corrected chi connectivity index (χ2v) is 3.94. The van der Waals surface area contributed by atoms with Crippen LogP contribution in [0.3, 0.4) is 0 Å². The van der Waals surface area contributed by atoms with E-state index in [0.717, 1.165) is 12.2 Å². The number of phenols is 1. The van der Waals surface area contributed by atoms with Crippen LogP contribution in [0.5, 0.6) is 5.75 Å². The topological polar surface area (TPSA) is 41.5 Å². The number of phenolic OH excluding ortho intramolecular Hbond substituents is 1. The van der Waals surface area contributed by atoms with Crippen molar-refractivity contribution in [1.29, 1.82) is 0 Å². The average molecular weight is 193 g/mol. The molecule has 3 heteroatoms. The summed E-state index contributed by atoms with van der Waals surface area (Å²) in [6.45, 7) is 4.81. The highest BCUT2D eigenvalue weighted by molar-refractivity contribution is 5.29. The van der Waals surface area contributed by atoms with Gasteiger partial charge in [-0.2, -0.15) is 0 Å². The number of ether oxygens (including phenoxy) is 1. The second-order valence-electron chi connectivity index (χ2n) is 3.94. The molecule has 14 heavy (non-hydrogen) atoms. The third-order valence-electron chi connectivity index (χ3n) is 2.56. The van der Waals surface area contributed by atoms with Crippen molar-refractivity contribution in [3.05, 3.63) is 29.8 Å². The molecule has 1 saturated heterocycles. The van der Waals surface area contributed by atoms with E-state index < -0.39 is 5.72 Å². The van der Waals surface area contributed by atoms with Gasteiger partial charge in [0, 0.05) is 6.04 Å². The first kappa shape index (κ1) is 9.49. The Morgan fingerprint density at radius 1 is 1.43 bits per heavy atom. The number of rotatable bonds is 1. The van der Waals surface area contributed by atoms with E-state index in [0.29, 0.717) is 6.04 Å². The zero-order valence-electron chi connectivity index (χ0n) is 8.45. The summed E-state index contributed by atoms with van der Waals surface area (Å²) in [6, 6.07) is 7.47. The second kappa shape index (κ2) is 3.26. The summed E-state index contributed by atoms with van der Waals surface area (Å²) in [4.78, 5) is 0. The molecule has 0 bridgehead atoms. The molecule has 3 nitrogen and oxygen atoms in total. The van der Waals surface area contributed by atoms with Crippen LogP contribution in [0, 0.1) is 0 Å². The highest BCUT2D eigenvalue weighted by Gasteiger charge is 2.34. The van der Waals surface area contributed by atoms with Gasteiger partial charge < -0.3 is 9.84 Å². The molecule has 0 aromatic heterocycles. The molecule has 76 valence electrons. The highest BCUT2D eigenvalue weighted by Crippen LogP contribution is 2.28. The van der Waals surface area contributed by atoms with Gasteiger partial charge in [-0.3, -0.25) is 5.32 Å². The summed E-state index contributed by atoms with van der Waals surface area (Å²) >= 11 is 0. The van der Waals surface area contributed by atoms with Crippen molar-refractivity contribution in [3.8, 4) is 5.75 Å². The fraction of sp³-hybridized carbons (Fsp3) is 0.455. The van der Waals surface area contributed by atoms with Crippen LogP contribution in [0.2, 0.25) is 0 Å². The molecule has 1 fully saturated rings. The molecule has 2 N–H and O–H groups in total. The zero-order chi connectivity index (χ0) is 10.2. The van der Waals surface area contributed by atoms with Gasteiger partial charge in [-0.25, -0.2) is 0 Å². The van der Waals surface area contributed by atoms with E-state index >= 15 is 0 Å². The lowest BCUT2D eigenvalue weighted by molar-refractivity contribution is 0.00235. The normalized spacial score (nSPS) is 32.0. The summed E-state index contributed by atoms with van der Waals surface area (Å²) in [6.07, 6.45) is 0. The third kappa shape index (κ3) is 1.61. The SMILES string of the molecule is CC1COC(C)(c2ccc(O)cc2)N1. The molecule has 0 amide bonds. The zero-order valence-corrected chi connectivity index (χ0v) is 8.45. The first-order valence-electron chi connectivity index (χ1n) is 4.81. The Morgan fingerprint density at radius 3 is 2.57 bits per heavy atom. The maximum atomic E-state index is 9.17. The molecule has 0 radical (unpaired) electrons. The van der Waals surface area contributed by atoms with Crippen LogP contribution in [0.25, 0.3) is 0 Å². The maximum Gasteiger partial charge on any atom is 0.142 e. The van der Waals surface area contributed by atoms with Gasteiger partial charge in [-0.05, 0) is 31.5 Å². The quantitative estimate of drug-likeness (QED) is 0.711. The molecule has 1 heterocycles. The van der Waals surface area contributed by atoms with Crippen molar-refractivity contribution in [3.63, 3.8) is 0 Å². The summed E-state index contributed by atoms with van der Waals surface area (Å²) < 4.78 is 5.69. The Kier molecular flexibility index (Phi) is 2.21. The Bertz CT molecular complexity index is 323. The lowest BCUT2D eigenvalue weighted by atomic mass is 10.0. The fourth-order valence-electron chi connectivity index (χ4n) is 1.79. The molecule has 1 aromatic rings. The van der Waals surface area contributed by atoms with E-state index in [4.69, 9.17) is 4.74 Å². The van der Waals surface area contributed by atoms with Crippen LogP contribution in [0.1, 0.15) is 19.4 Å². The van der Waals surface area contributed by atoms with Gasteiger partial charge in [0.1, 0.15) is 11.5 Å². The Morgan fingerprint density at radius 2 is 2.07 bits per heavy atom. The lowest BCUT2D eigenvalue weighted by Gasteiger charge is -2.24. The van der Waals surface area contributed by atoms with Crippen LogP contribution in [0.15, 0.2) is 24.3 Å². The third-order valence-corrected chi connectivity index (χ3v) is 2.56. The van der Waals surface area contributed by atoms with Crippen molar-refractivity contribution in [2.24, 2.45) is 0 Å². The molecular formula is C11H15NO2. The number of hydrogen-bond acceptors (Lipinski definition) is 3. The first-order chi connectivity index (χ1) is 6.60. The van der Waals surface area contributed by atoms with Gasteiger partial charge in [0.2, 0.25) is 0 Å². The van der Waals surface area contributed by atoms with Crippen molar-refractivity contribution in [2.75, 3.05) is 6.61 Å². The van der Waals surface area contributed by atoms with E-state index in [2.05, 4.69) is 12.2 Å². The minimum Gasteiger partial charge on any atom is -0.508 e. The Labute approximate surface area is 83.7 Å². The van der Waals surface area contributed by atoms with Gasteiger partial charge in [0.15, 0.2) is 0 Å². The van der Waals surface area contributed by atoms with Crippen molar-refractivity contribution >= 4 is 0 Å². The number of nitrogens with one attached hydrogen (secondary N) is 1. The molecule has 1 aliphatic rings. The summed E-state index contributed by atoms with van der Waals surface area (Å²) in [5.74, 6) is 0.281. The molecule has 1 aliphatic heterocycles. The Hall–Kier alpha value is -1.06. The number of aromatic hydroxyl groups is 1. The van der Waals surface area contributed by atoms with Crippen LogP contribution < -0.4 is 5.32 Å². The maximum absolute atomic E-state index is 9.17. The molecule has 2 rings (SSSR count). The molecule has 2 unspecified atom stereocenters. The van der Waals surface area contributed by atoms with E-state index in [1.807, 2.05) is 19.1 Å². The van der Waals surface area contributed by atoms with Crippen LogP contribution in [0.4, 0.5) is 0 Å². The van der Waals surface area contributed by atoms with Gasteiger partial charge in [0.05, 0.1) is 6.61 Å². The monoisotopic (exact) mass is 193 g/mol. The highest BCUT2D eigenvalue weighted by atomic mass is 16.5. The molecular weight excluding hydrogens is 178 g/mol. The standard InChI is InChI=1S/C11H15NO2/c1-8-7-14-11(2,12-8)9-3-5-10(13)6-4-9/h3-6,8,12-13H,7H2,1-2H3. The predicted molar refractivity (Wildman–Crippen MR) is 54.0 cm³/mol. The van der Waals surface area contributed by atoms with Crippen LogP contribution in [-0.4, -0.2) is 17.8 Å². The summed E-state index contributed by atoms with van der Waals surface area (Å²) in [5.41, 5.74) is 0.632. The van der Waals surface area contributed by atoms with Crippen LogP contribution >= 0.6 is 0 Å². The van der Waals surface area contributed by atoms with E-state index in [1.54, 1.807) is 12.1 Å². The number of benzene rings is 1. The fourth-order valence-corrected chi connectivity index (χ4v) is 1.79. The Balaban J connectivity index is 2.26. The van der Waals surface area contributed by atoms with Gasteiger partial charge in [-0.15, -0.1) is 0 Å². The molecule has 0 spiro atoms. The minimum atomic E-state index is -0.410. The summed E-state index contributed by atoms with van der Waals surface area (Å²) in [5, 5.41) is 12.5. The predicted octanol–water partition coefficient (Wildman–Crippen LogP) is 1.57. The first-order valence-corrected chi connectivity index (χ1v) is 4.81.